The first-order chi connectivity index (χ1) is 14.7. The van der Waals surface area contributed by atoms with Gasteiger partial charge in [-0.15, -0.1) is 0 Å². The van der Waals surface area contributed by atoms with E-state index < -0.39 is 0 Å². The molecule has 3 atom stereocenters. The van der Waals surface area contributed by atoms with Crippen LogP contribution in [0.1, 0.15) is 55.3 Å². The van der Waals surface area contributed by atoms with Crippen molar-refractivity contribution in [3.8, 4) is 5.75 Å². The van der Waals surface area contributed by atoms with Crippen LogP contribution in [0.3, 0.4) is 0 Å². The lowest BCUT2D eigenvalue weighted by atomic mass is 9.90. The van der Waals surface area contributed by atoms with Crippen molar-refractivity contribution < 1.29 is 14.3 Å². The van der Waals surface area contributed by atoms with E-state index in [1.165, 1.54) is 12.8 Å². The molecular weight excluding hydrogens is 376 g/mol. The summed E-state index contributed by atoms with van der Waals surface area (Å²) in [5.41, 5.74) is 0.654. The zero-order chi connectivity index (χ0) is 20.5. The van der Waals surface area contributed by atoms with Crippen LogP contribution in [0.4, 0.5) is 0 Å². The second-order valence-electron chi connectivity index (χ2n) is 9.53. The fraction of sp³-hybridized carbons (Fsp3) is 0.600. The fourth-order valence-electron chi connectivity index (χ4n) is 5.39. The summed E-state index contributed by atoms with van der Waals surface area (Å²) >= 11 is 0. The molecule has 4 aliphatic rings. The van der Waals surface area contributed by atoms with E-state index in [9.17, 15) is 9.59 Å². The number of fused-ring (bicyclic) bond motifs is 2. The summed E-state index contributed by atoms with van der Waals surface area (Å²) in [4.78, 5) is 26.8. The van der Waals surface area contributed by atoms with Crippen molar-refractivity contribution in [2.75, 3.05) is 19.6 Å². The Labute approximate surface area is 178 Å². The predicted molar refractivity (Wildman–Crippen MR) is 115 cm³/mol. The van der Waals surface area contributed by atoms with Crippen LogP contribution in [0, 0.1) is 23.7 Å². The summed E-state index contributed by atoms with van der Waals surface area (Å²) in [6.07, 6.45) is 12.3. The second-order valence-corrected chi connectivity index (χ2v) is 9.53. The molecule has 2 saturated carbocycles. The maximum Gasteiger partial charge on any atom is 0.251 e. The lowest BCUT2D eigenvalue weighted by Gasteiger charge is -2.32. The molecule has 1 aromatic rings. The molecule has 30 heavy (non-hydrogen) atoms. The number of hydrogen-bond donors (Lipinski definition) is 1. The van der Waals surface area contributed by atoms with Gasteiger partial charge in [0.05, 0.1) is 0 Å². The molecule has 2 bridgehead atoms. The van der Waals surface area contributed by atoms with Gasteiger partial charge in [-0.3, -0.25) is 9.59 Å². The lowest BCUT2D eigenvalue weighted by Crippen LogP contribution is -2.42. The Balaban J connectivity index is 1.08. The van der Waals surface area contributed by atoms with Crippen LogP contribution in [-0.4, -0.2) is 42.5 Å². The molecule has 5 nitrogen and oxygen atoms in total. The molecule has 1 aliphatic heterocycles. The number of amides is 2. The number of carbonyl (C=O) groups excluding carboxylic acids is 2. The number of piperidine rings is 1. The number of hydrogen-bond acceptors (Lipinski definition) is 3. The molecule has 2 amide bonds. The number of ether oxygens (including phenoxy) is 1. The topological polar surface area (TPSA) is 58.6 Å². The maximum atomic E-state index is 12.6. The van der Waals surface area contributed by atoms with Gasteiger partial charge in [-0.25, -0.2) is 0 Å². The first-order valence-electron chi connectivity index (χ1n) is 11.7. The predicted octanol–water partition coefficient (Wildman–Crippen LogP) is 3.80. The van der Waals surface area contributed by atoms with E-state index in [1.54, 1.807) is 0 Å². The second kappa shape index (κ2) is 8.44. The molecule has 3 unspecified atom stereocenters. The van der Waals surface area contributed by atoms with E-state index in [2.05, 4.69) is 17.5 Å². The van der Waals surface area contributed by atoms with Gasteiger partial charge in [0.25, 0.3) is 5.91 Å². The highest BCUT2D eigenvalue weighted by atomic mass is 16.5. The Hall–Kier alpha value is -2.30. The number of nitrogens with zero attached hydrogens (tertiary/aromatic N) is 1. The number of rotatable bonds is 7. The molecule has 3 fully saturated rings. The van der Waals surface area contributed by atoms with E-state index in [1.807, 2.05) is 29.2 Å². The molecule has 0 radical (unpaired) electrons. The van der Waals surface area contributed by atoms with Crippen LogP contribution < -0.4 is 10.1 Å². The van der Waals surface area contributed by atoms with Gasteiger partial charge in [0.15, 0.2) is 0 Å². The minimum Gasteiger partial charge on any atom is -0.490 e. The van der Waals surface area contributed by atoms with Crippen LogP contribution in [0.25, 0.3) is 0 Å². The summed E-state index contributed by atoms with van der Waals surface area (Å²) < 4.78 is 6.14. The average Bonchev–Trinajstić information content (AvgIpc) is 3.41. The average molecular weight is 409 g/mol. The third-order valence-corrected chi connectivity index (χ3v) is 7.30. The first-order valence-corrected chi connectivity index (χ1v) is 11.7. The zero-order valence-electron chi connectivity index (χ0n) is 17.6. The zero-order valence-corrected chi connectivity index (χ0v) is 17.6. The van der Waals surface area contributed by atoms with Gasteiger partial charge in [-0.1, -0.05) is 18.2 Å². The first kappa shape index (κ1) is 19.7. The molecule has 1 aromatic carbocycles. The van der Waals surface area contributed by atoms with Crippen molar-refractivity contribution in [3.63, 3.8) is 0 Å². The molecule has 5 rings (SSSR count). The van der Waals surface area contributed by atoms with E-state index >= 15 is 0 Å². The van der Waals surface area contributed by atoms with Crippen LogP contribution in [0.5, 0.6) is 5.75 Å². The number of likely N-dealkylation sites (tertiary alicyclic amines) is 1. The molecule has 3 aliphatic carbocycles. The van der Waals surface area contributed by atoms with E-state index in [0.29, 0.717) is 11.5 Å². The van der Waals surface area contributed by atoms with Crippen molar-refractivity contribution in [1.29, 1.82) is 0 Å². The molecule has 160 valence electrons. The Morgan fingerprint density at radius 1 is 1.07 bits per heavy atom. The summed E-state index contributed by atoms with van der Waals surface area (Å²) in [6.45, 7) is 2.29. The van der Waals surface area contributed by atoms with Gasteiger partial charge in [-0.2, -0.15) is 0 Å². The Morgan fingerprint density at radius 3 is 2.60 bits per heavy atom. The highest BCUT2D eigenvalue weighted by molar-refractivity contribution is 5.94. The summed E-state index contributed by atoms with van der Waals surface area (Å²) in [5, 5.41) is 3.09. The van der Waals surface area contributed by atoms with Gasteiger partial charge in [-0.05, 0) is 68.1 Å². The monoisotopic (exact) mass is 408 g/mol. The number of allylic oxidation sites excluding steroid dienone is 2. The Kier molecular flexibility index (Phi) is 5.53. The Bertz CT molecular complexity index is 823. The van der Waals surface area contributed by atoms with E-state index in [0.717, 1.165) is 75.2 Å². The molecule has 0 aromatic heterocycles. The van der Waals surface area contributed by atoms with Gasteiger partial charge in [0.2, 0.25) is 5.91 Å². The largest absolute Gasteiger partial charge is 0.490 e. The molecule has 0 spiro atoms. The van der Waals surface area contributed by atoms with Crippen molar-refractivity contribution >= 4 is 11.8 Å². The highest BCUT2D eigenvalue weighted by Gasteiger charge is 2.36. The van der Waals surface area contributed by atoms with Crippen molar-refractivity contribution in [2.45, 2.75) is 51.0 Å². The molecule has 1 N–H and O–H groups in total. The molecule has 5 heteroatoms. The van der Waals surface area contributed by atoms with E-state index in [4.69, 9.17) is 4.74 Å². The quantitative estimate of drug-likeness (QED) is 0.698. The highest BCUT2D eigenvalue weighted by Crippen LogP contribution is 2.44. The SMILES string of the molecule is O=C(NCCC1CC2C=CC1C2)c1cccc(OC2CCN(C(=O)C3CC3)CC2)c1. The normalized spacial score (nSPS) is 28.0. The fourth-order valence-corrected chi connectivity index (χ4v) is 5.39. The van der Waals surface area contributed by atoms with Crippen LogP contribution in [0.15, 0.2) is 36.4 Å². The third kappa shape index (κ3) is 4.40. The van der Waals surface area contributed by atoms with Gasteiger partial charge in [0, 0.05) is 44.0 Å². The number of benzene rings is 1. The van der Waals surface area contributed by atoms with Gasteiger partial charge in [0.1, 0.15) is 11.9 Å². The molecule has 1 saturated heterocycles. The molecule has 1 heterocycles. The van der Waals surface area contributed by atoms with Crippen molar-refractivity contribution in [1.82, 2.24) is 10.2 Å². The van der Waals surface area contributed by atoms with Crippen molar-refractivity contribution in [3.05, 3.63) is 42.0 Å². The Morgan fingerprint density at radius 2 is 1.90 bits per heavy atom. The standard InChI is InChI=1S/C25H32N2O3/c28-24(26-11-8-20-15-17-4-5-19(20)14-17)21-2-1-3-23(16-21)30-22-9-12-27(13-10-22)25(29)18-6-7-18/h1-5,16-20,22H,6-15H2,(H,26,28). The van der Waals surface area contributed by atoms with E-state index in [-0.39, 0.29) is 17.9 Å². The van der Waals surface area contributed by atoms with Crippen LogP contribution >= 0.6 is 0 Å². The van der Waals surface area contributed by atoms with Crippen LogP contribution in [-0.2, 0) is 4.79 Å². The smallest absolute Gasteiger partial charge is 0.251 e. The van der Waals surface area contributed by atoms with Crippen LogP contribution in [0.2, 0.25) is 0 Å². The van der Waals surface area contributed by atoms with Crippen molar-refractivity contribution in [2.24, 2.45) is 23.7 Å². The van der Waals surface area contributed by atoms with Gasteiger partial charge >= 0.3 is 0 Å². The molecular formula is C25H32N2O3. The summed E-state index contributed by atoms with van der Waals surface area (Å²) in [5.74, 6) is 3.58. The minimum absolute atomic E-state index is 0.0241. The minimum atomic E-state index is -0.0241. The lowest BCUT2D eigenvalue weighted by molar-refractivity contribution is -0.134. The number of carbonyl (C=O) groups is 2. The number of nitrogens with one attached hydrogen (secondary N) is 1. The third-order valence-electron chi connectivity index (χ3n) is 7.30. The maximum absolute atomic E-state index is 12.6. The summed E-state index contributed by atoms with van der Waals surface area (Å²) in [7, 11) is 0. The summed E-state index contributed by atoms with van der Waals surface area (Å²) in [6, 6.07) is 7.49. The van der Waals surface area contributed by atoms with Gasteiger partial charge < -0.3 is 15.0 Å².